The summed E-state index contributed by atoms with van der Waals surface area (Å²) in [5, 5.41) is 11.9. The van der Waals surface area contributed by atoms with E-state index in [1.54, 1.807) is 0 Å². The Bertz CT molecular complexity index is 2480. The Morgan fingerprint density at radius 3 is 1.83 bits per heavy atom. The van der Waals surface area contributed by atoms with Gasteiger partial charge in [0.25, 0.3) is 0 Å². The zero-order valence-corrected chi connectivity index (χ0v) is 27.0. The average molecular weight is 631 g/mol. The summed E-state index contributed by atoms with van der Waals surface area (Å²) in [6.07, 6.45) is 0. The van der Waals surface area contributed by atoms with Gasteiger partial charge < -0.3 is 4.57 Å². The minimum atomic E-state index is 0.680. The molecule has 7 aromatic carbocycles. The first kappa shape index (κ1) is 28.4. The molecule has 0 bridgehead atoms. The fourth-order valence-corrected chi connectivity index (χ4v) is 8.25. The molecule has 48 heavy (non-hydrogen) atoms. The van der Waals surface area contributed by atoms with E-state index in [0.29, 0.717) is 5.56 Å². The van der Waals surface area contributed by atoms with Gasteiger partial charge in [-0.1, -0.05) is 97.1 Å². The Labute approximate surface area is 284 Å². The van der Waals surface area contributed by atoms with Crippen molar-refractivity contribution in [3.8, 4) is 56.3 Å². The minimum absolute atomic E-state index is 0.680. The summed E-state index contributed by atoms with van der Waals surface area (Å²) in [6, 6.07) is 59.1. The topological polar surface area (TPSA) is 28.7 Å². The van der Waals surface area contributed by atoms with Crippen LogP contribution in [-0.2, 0) is 11.5 Å². The van der Waals surface area contributed by atoms with Crippen molar-refractivity contribution < 1.29 is 0 Å². The molecule has 0 radical (unpaired) electrons. The molecule has 1 aliphatic rings. The van der Waals surface area contributed by atoms with Crippen LogP contribution in [0.5, 0.6) is 0 Å². The highest BCUT2D eigenvalue weighted by molar-refractivity contribution is 7.97. The van der Waals surface area contributed by atoms with Gasteiger partial charge >= 0.3 is 0 Å². The summed E-state index contributed by atoms with van der Waals surface area (Å²) in [7, 11) is 0. The van der Waals surface area contributed by atoms with Gasteiger partial charge in [-0.3, -0.25) is 0 Å². The summed E-state index contributed by atoms with van der Waals surface area (Å²) < 4.78 is 2.35. The molecule has 0 aliphatic carbocycles. The van der Waals surface area contributed by atoms with E-state index in [0.717, 1.165) is 39.0 Å². The van der Waals surface area contributed by atoms with Crippen LogP contribution in [0.25, 0.3) is 72.0 Å². The lowest BCUT2D eigenvalue weighted by Crippen LogP contribution is -1.97. The quantitative estimate of drug-likeness (QED) is 0.194. The number of nitriles is 1. The lowest BCUT2D eigenvalue weighted by atomic mass is 9.90. The van der Waals surface area contributed by atoms with Crippen LogP contribution >= 0.6 is 11.8 Å². The molecule has 8 aromatic rings. The number of fused-ring (bicyclic) bond motifs is 6. The van der Waals surface area contributed by atoms with Gasteiger partial charge in [0.1, 0.15) is 0 Å². The van der Waals surface area contributed by atoms with E-state index < -0.39 is 0 Å². The zero-order chi connectivity index (χ0) is 32.0. The lowest BCUT2D eigenvalue weighted by molar-refractivity contribution is 1.17. The van der Waals surface area contributed by atoms with Crippen molar-refractivity contribution in [2.45, 2.75) is 11.5 Å². The molecule has 0 fully saturated rings. The molecule has 0 spiro atoms. The monoisotopic (exact) mass is 630 g/mol. The van der Waals surface area contributed by atoms with E-state index in [1.807, 2.05) is 23.9 Å². The van der Waals surface area contributed by atoms with E-state index in [1.165, 1.54) is 55.6 Å². The van der Waals surface area contributed by atoms with Crippen molar-refractivity contribution in [3.63, 3.8) is 0 Å². The Balaban J connectivity index is 1.18. The highest BCUT2D eigenvalue weighted by Crippen LogP contribution is 2.42. The number of thioether (sulfide) groups is 1. The third-order valence-corrected chi connectivity index (χ3v) is 10.6. The fraction of sp³-hybridized carbons (Fsp3) is 0.0444. The number of aromatic nitrogens is 1. The van der Waals surface area contributed by atoms with Crippen molar-refractivity contribution in [2.75, 3.05) is 0 Å². The maximum absolute atomic E-state index is 9.61. The summed E-state index contributed by atoms with van der Waals surface area (Å²) in [5.41, 5.74) is 16.7. The fourth-order valence-electron chi connectivity index (χ4n) is 7.22. The van der Waals surface area contributed by atoms with E-state index in [-0.39, 0.29) is 0 Å². The van der Waals surface area contributed by atoms with Crippen LogP contribution in [0.3, 0.4) is 0 Å². The molecule has 1 aliphatic heterocycles. The van der Waals surface area contributed by atoms with Crippen LogP contribution in [0.15, 0.2) is 158 Å². The van der Waals surface area contributed by atoms with Gasteiger partial charge in [0.2, 0.25) is 0 Å². The van der Waals surface area contributed by atoms with Gasteiger partial charge in [-0.25, -0.2) is 0 Å². The number of benzene rings is 7. The Kier molecular flexibility index (Phi) is 6.96. The molecule has 0 saturated carbocycles. The van der Waals surface area contributed by atoms with Crippen LogP contribution in [0.2, 0.25) is 0 Å². The van der Waals surface area contributed by atoms with Crippen molar-refractivity contribution in [3.05, 3.63) is 174 Å². The summed E-state index contributed by atoms with van der Waals surface area (Å²) >= 11 is 1.98. The smallest absolute Gasteiger partial charge is 0.0991 e. The predicted molar refractivity (Wildman–Crippen MR) is 202 cm³/mol. The second-order valence-corrected chi connectivity index (χ2v) is 13.4. The van der Waals surface area contributed by atoms with E-state index >= 15 is 0 Å². The predicted octanol–water partition coefficient (Wildman–Crippen LogP) is 12.1. The number of hydrogen-bond donors (Lipinski definition) is 0. The van der Waals surface area contributed by atoms with E-state index in [4.69, 9.17) is 0 Å². The first-order valence-electron chi connectivity index (χ1n) is 16.3. The Morgan fingerprint density at radius 2 is 1.10 bits per heavy atom. The molecular weight excluding hydrogens is 601 g/mol. The van der Waals surface area contributed by atoms with Gasteiger partial charge in [0.15, 0.2) is 0 Å². The number of hydrogen-bond acceptors (Lipinski definition) is 2. The SMILES string of the molecule is N#Cc1ccc2c(c1)c1ccccc1n2-c1ccc2c(c1)-c1ccc(-c3cc(-c4ccccc4)cc(-c4ccccc4)c3)cc1CSC2. The van der Waals surface area contributed by atoms with Crippen LogP contribution in [-0.4, -0.2) is 4.57 Å². The zero-order valence-electron chi connectivity index (χ0n) is 26.2. The van der Waals surface area contributed by atoms with Crippen molar-refractivity contribution in [1.82, 2.24) is 4.57 Å². The molecule has 0 unspecified atom stereocenters. The van der Waals surface area contributed by atoms with Gasteiger partial charge in [-0.2, -0.15) is 17.0 Å². The Morgan fingerprint density at radius 1 is 0.458 bits per heavy atom. The maximum atomic E-state index is 9.61. The third kappa shape index (κ3) is 4.90. The van der Waals surface area contributed by atoms with Crippen LogP contribution in [0.4, 0.5) is 0 Å². The highest BCUT2D eigenvalue weighted by Gasteiger charge is 2.19. The molecule has 226 valence electrons. The van der Waals surface area contributed by atoms with Crippen LogP contribution < -0.4 is 0 Å². The Hall–Kier alpha value is -5.82. The average Bonchev–Trinajstić information content (AvgIpc) is 3.37. The summed E-state index contributed by atoms with van der Waals surface area (Å²) in [6.45, 7) is 0. The van der Waals surface area contributed by atoms with E-state index in [9.17, 15) is 5.26 Å². The molecule has 0 saturated heterocycles. The molecule has 0 atom stereocenters. The first-order valence-corrected chi connectivity index (χ1v) is 17.4. The molecule has 0 amide bonds. The van der Waals surface area contributed by atoms with Gasteiger partial charge in [0.05, 0.1) is 22.7 Å². The highest BCUT2D eigenvalue weighted by atomic mass is 32.2. The maximum Gasteiger partial charge on any atom is 0.0991 e. The largest absolute Gasteiger partial charge is 0.309 e. The summed E-state index contributed by atoms with van der Waals surface area (Å²) in [5.74, 6) is 1.93. The minimum Gasteiger partial charge on any atom is -0.309 e. The standard InChI is InChI=1S/C45H30N2S/c46-27-30-15-20-45-43(21-30)41-13-7-8-14-44(41)47(45)39-18-16-34-28-48-29-38-22-33(17-19-40(38)42(34)26-39)37-24-35(31-9-3-1-4-10-31)23-36(25-37)32-11-5-2-6-12-32/h1-26H,28-29H2. The van der Waals surface area contributed by atoms with Gasteiger partial charge in [-0.05, 0) is 116 Å². The summed E-state index contributed by atoms with van der Waals surface area (Å²) in [4.78, 5) is 0. The van der Waals surface area contributed by atoms with Crippen molar-refractivity contribution >= 4 is 33.6 Å². The molecule has 2 heterocycles. The first-order chi connectivity index (χ1) is 23.7. The number of para-hydroxylation sites is 1. The second-order valence-electron chi connectivity index (χ2n) is 12.4. The normalized spacial score (nSPS) is 12.3. The number of rotatable bonds is 4. The number of nitrogens with zero attached hydrogens (tertiary/aromatic N) is 2. The second kappa shape index (κ2) is 11.8. The molecular formula is C45H30N2S. The van der Waals surface area contributed by atoms with E-state index in [2.05, 4.69) is 156 Å². The van der Waals surface area contributed by atoms with Gasteiger partial charge in [-0.15, -0.1) is 0 Å². The molecule has 0 N–H and O–H groups in total. The van der Waals surface area contributed by atoms with Crippen molar-refractivity contribution in [2.24, 2.45) is 0 Å². The van der Waals surface area contributed by atoms with Crippen LogP contribution in [0.1, 0.15) is 16.7 Å². The van der Waals surface area contributed by atoms with Gasteiger partial charge in [0, 0.05) is 28.0 Å². The molecule has 3 heteroatoms. The molecule has 2 nitrogen and oxygen atoms in total. The van der Waals surface area contributed by atoms with Crippen molar-refractivity contribution in [1.29, 1.82) is 5.26 Å². The third-order valence-electron chi connectivity index (χ3n) is 9.54. The van der Waals surface area contributed by atoms with Crippen LogP contribution in [0, 0.1) is 11.3 Å². The molecule has 9 rings (SSSR count). The lowest BCUT2D eigenvalue weighted by Gasteiger charge is -2.16. The molecule has 1 aromatic heterocycles.